The van der Waals surface area contributed by atoms with E-state index in [2.05, 4.69) is 9.62 Å². The largest absolute Gasteiger partial charge is 0.300 e. The summed E-state index contributed by atoms with van der Waals surface area (Å²) in [4.78, 5) is 12.5. The molecule has 0 aliphatic carbocycles. The number of nitrogens with one attached hydrogen (secondary N) is 1. The molecule has 23 heavy (non-hydrogen) atoms. The minimum Gasteiger partial charge on any atom is -0.300 e. The Balaban J connectivity index is 3.07. The Morgan fingerprint density at radius 3 is 2.30 bits per heavy atom. The van der Waals surface area contributed by atoms with Gasteiger partial charge in [0, 0.05) is 24.7 Å². The van der Waals surface area contributed by atoms with Crippen LogP contribution in [0, 0.1) is 24.0 Å². The molecule has 0 saturated heterocycles. The Bertz CT molecular complexity index is 670. The molecule has 0 unspecified atom stereocenters. The van der Waals surface area contributed by atoms with Crippen LogP contribution >= 0.6 is 0 Å². The smallest absolute Gasteiger partial charge is 0.271 e. The number of hydrogen-bond donors (Lipinski definition) is 1. The van der Waals surface area contributed by atoms with Crippen LogP contribution < -0.4 is 4.72 Å². The summed E-state index contributed by atoms with van der Waals surface area (Å²) in [6.07, 6.45) is 0. The van der Waals surface area contributed by atoms with E-state index < -0.39 is 14.9 Å². The van der Waals surface area contributed by atoms with Gasteiger partial charge in [0.25, 0.3) is 5.69 Å². The molecule has 1 rings (SSSR count). The van der Waals surface area contributed by atoms with Crippen molar-refractivity contribution in [1.82, 2.24) is 9.62 Å². The summed E-state index contributed by atoms with van der Waals surface area (Å²) in [7, 11) is -3.80. The average Bonchev–Trinajstić information content (AvgIpc) is 2.48. The highest BCUT2D eigenvalue weighted by Crippen LogP contribution is 2.25. The second kappa shape index (κ2) is 7.85. The summed E-state index contributed by atoms with van der Waals surface area (Å²) < 4.78 is 27.6. The van der Waals surface area contributed by atoms with Crippen LogP contribution in [0.4, 0.5) is 5.69 Å². The van der Waals surface area contributed by atoms with Crippen LogP contribution in [0.1, 0.15) is 31.9 Å². The number of nitro benzene ring substituents is 1. The Labute approximate surface area is 137 Å². The Morgan fingerprint density at radius 2 is 1.83 bits per heavy atom. The van der Waals surface area contributed by atoms with Gasteiger partial charge < -0.3 is 0 Å². The number of aryl methyl sites for hydroxylation is 1. The molecule has 1 N–H and O–H groups in total. The van der Waals surface area contributed by atoms with E-state index in [9.17, 15) is 18.5 Å². The molecule has 0 spiro atoms. The van der Waals surface area contributed by atoms with E-state index in [1.165, 1.54) is 6.07 Å². The first kappa shape index (κ1) is 19.5. The molecule has 8 heteroatoms. The van der Waals surface area contributed by atoms with Gasteiger partial charge in [-0.2, -0.15) is 0 Å². The van der Waals surface area contributed by atoms with Gasteiger partial charge in [-0.25, -0.2) is 13.1 Å². The van der Waals surface area contributed by atoms with E-state index >= 15 is 0 Å². The lowest BCUT2D eigenvalue weighted by molar-refractivity contribution is -0.385. The molecule has 0 saturated carbocycles. The van der Waals surface area contributed by atoms with Gasteiger partial charge in [-0.05, 0) is 45.0 Å². The van der Waals surface area contributed by atoms with Gasteiger partial charge in [-0.3, -0.25) is 15.0 Å². The van der Waals surface area contributed by atoms with Gasteiger partial charge in [0.1, 0.15) is 0 Å². The number of non-ortho nitro benzene ring substituents is 1. The van der Waals surface area contributed by atoms with Crippen molar-refractivity contribution in [1.29, 1.82) is 0 Å². The minimum atomic E-state index is -3.80. The van der Waals surface area contributed by atoms with Gasteiger partial charge in [-0.15, -0.1) is 0 Å². The number of rotatable bonds is 8. The van der Waals surface area contributed by atoms with Crippen LogP contribution in [0.25, 0.3) is 0 Å². The van der Waals surface area contributed by atoms with Gasteiger partial charge in [0.2, 0.25) is 10.0 Å². The van der Waals surface area contributed by atoms with E-state index in [4.69, 9.17) is 0 Å². The molecule has 1 aromatic carbocycles. The molecule has 130 valence electrons. The number of nitrogens with zero attached hydrogens (tertiary/aromatic N) is 2. The summed E-state index contributed by atoms with van der Waals surface area (Å²) in [5.74, 6) is 0. The fourth-order valence-corrected chi connectivity index (χ4v) is 3.93. The van der Waals surface area contributed by atoms with Gasteiger partial charge in [0.05, 0.1) is 9.82 Å². The minimum absolute atomic E-state index is 0.0315. The van der Waals surface area contributed by atoms with Crippen molar-refractivity contribution in [3.8, 4) is 0 Å². The normalized spacial score (nSPS) is 13.3. The second-order valence-corrected chi connectivity index (χ2v) is 7.30. The highest BCUT2D eigenvalue weighted by Gasteiger charge is 2.23. The SMILES string of the molecule is CCN(CC)[C@@H](C)CNS(=O)(=O)c1cc([N+](=O)[O-])cc(C)c1C. The predicted molar refractivity (Wildman–Crippen MR) is 90.1 cm³/mol. The summed E-state index contributed by atoms with van der Waals surface area (Å²) >= 11 is 0. The number of nitro groups is 1. The first-order chi connectivity index (χ1) is 10.6. The van der Waals surface area contributed by atoms with Crippen molar-refractivity contribution in [2.45, 2.75) is 45.6 Å². The topological polar surface area (TPSA) is 92.6 Å². The summed E-state index contributed by atoms with van der Waals surface area (Å²) in [6, 6.07) is 2.54. The maximum atomic E-state index is 12.5. The number of hydrogen-bond acceptors (Lipinski definition) is 5. The third-order valence-corrected chi connectivity index (χ3v) is 5.66. The summed E-state index contributed by atoms with van der Waals surface area (Å²) in [5, 5.41) is 11.0. The fourth-order valence-electron chi connectivity index (χ4n) is 2.48. The fraction of sp³-hybridized carbons (Fsp3) is 0.600. The van der Waals surface area contributed by atoms with Crippen LogP contribution in [-0.4, -0.2) is 43.9 Å². The zero-order valence-corrected chi connectivity index (χ0v) is 15.1. The Morgan fingerprint density at radius 1 is 1.26 bits per heavy atom. The number of likely N-dealkylation sites (N-methyl/N-ethyl adjacent to an activating group) is 1. The lowest BCUT2D eigenvalue weighted by Crippen LogP contribution is -2.42. The molecular formula is C15H25N3O4S. The van der Waals surface area contributed by atoms with Crippen molar-refractivity contribution in [3.63, 3.8) is 0 Å². The third-order valence-electron chi connectivity index (χ3n) is 4.11. The molecule has 0 heterocycles. The molecule has 0 radical (unpaired) electrons. The van der Waals surface area contributed by atoms with Crippen LogP contribution in [0.3, 0.4) is 0 Å². The van der Waals surface area contributed by atoms with Gasteiger partial charge >= 0.3 is 0 Å². The monoisotopic (exact) mass is 343 g/mol. The molecular weight excluding hydrogens is 318 g/mol. The predicted octanol–water partition coefficient (Wildman–Crippen LogP) is 2.22. The maximum absolute atomic E-state index is 12.5. The second-order valence-electron chi connectivity index (χ2n) is 5.57. The number of sulfonamides is 1. The first-order valence-corrected chi connectivity index (χ1v) is 9.11. The van der Waals surface area contributed by atoms with Crippen molar-refractivity contribution < 1.29 is 13.3 Å². The number of benzene rings is 1. The van der Waals surface area contributed by atoms with Crippen molar-refractivity contribution >= 4 is 15.7 Å². The first-order valence-electron chi connectivity index (χ1n) is 7.63. The molecule has 1 aromatic rings. The van der Waals surface area contributed by atoms with E-state index in [1.807, 2.05) is 20.8 Å². The molecule has 0 aromatic heterocycles. The van der Waals surface area contributed by atoms with E-state index in [-0.39, 0.29) is 23.2 Å². The lowest BCUT2D eigenvalue weighted by Gasteiger charge is -2.26. The summed E-state index contributed by atoms with van der Waals surface area (Å²) in [6.45, 7) is 11.2. The van der Waals surface area contributed by atoms with Crippen LogP contribution in [0.2, 0.25) is 0 Å². The highest BCUT2D eigenvalue weighted by molar-refractivity contribution is 7.89. The molecule has 0 aliphatic rings. The zero-order chi connectivity index (χ0) is 17.8. The van der Waals surface area contributed by atoms with Crippen molar-refractivity contribution in [2.75, 3.05) is 19.6 Å². The van der Waals surface area contributed by atoms with E-state index in [1.54, 1.807) is 13.8 Å². The highest BCUT2D eigenvalue weighted by atomic mass is 32.2. The zero-order valence-electron chi connectivity index (χ0n) is 14.3. The van der Waals surface area contributed by atoms with E-state index in [0.717, 1.165) is 19.2 Å². The molecule has 0 aliphatic heterocycles. The van der Waals surface area contributed by atoms with E-state index in [0.29, 0.717) is 11.1 Å². The van der Waals surface area contributed by atoms with Gasteiger partial charge in [0.15, 0.2) is 0 Å². The maximum Gasteiger partial charge on any atom is 0.271 e. The Kier molecular flexibility index (Phi) is 6.67. The molecule has 1 atom stereocenters. The van der Waals surface area contributed by atoms with Crippen molar-refractivity contribution in [3.05, 3.63) is 33.4 Å². The molecule has 0 bridgehead atoms. The van der Waals surface area contributed by atoms with Crippen molar-refractivity contribution in [2.24, 2.45) is 0 Å². The quantitative estimate of drug-likeness (QED) is 0.577. The Hall–Kier alpha value is -1.51. The average molecular weight is 343 g/mol. The molecule has 0 amide bonds. The standard InChI is InChI=1S/C15H25N3O4S/c1-6-17(7-2)12(4)10-16-23(21,22)15-9-14(18(19)20)8-11(3)13(15)5/h8-9,12,16H,6-7,10H2,1-5H3/t12-/m0/s1. The summed E-state index contributed by atoms with van der Waals surface area (Å²) in [5.41, 5.74) is 0.889. The van der Waals surface area contributed by atoms with Gasteiger partial charge in [-0.1, -0.05) is 13.8 Å². The van der Waals surface area contributed by atoms with Crippen LogP contribution in [-0.2, 0) is 10.0 Å². The molecule has 7 nitrogen and oxygen atoms in total. The third kappa shape index (κ3) is 4.73. The van der Waals surface area contributed by atoms with Crippen LogP contribution in [0.15, 0.2) is 17.0 Å². The van der Waals surface area contributed by atoms with Crippen LogP contribution in [0.5, 0.6) is 0 Å². The molecule has 0 fully saturated rings. The lowest BCUT2D eigenvalue weighted by atomic mass is 10.1.